The van der Waals surface area contributed by atoms with E-state index in [4.69, 9.17) is 16.3 Å². The maximum absolute atomic E-state index is 5.91. The molecule has 0 bridgehead atoms. The van der Waals surface area contributed by atoms with Crippen molar-refractivity contribution in [1.29, 1.82) is 0 Å². The first-order chi connectivity index (χ1) is 8.20. The van der Waals surface area contributed by atoms with E-state index in [9.17, 15) is 0 Å². The van der Waals surface area contributed by atoms with Crippen molar-refractivity contribution >= 4 is 38.9 Å². The van der Waals surface area contributed by atoms with Crippen LogP contribution in [0.5, 0.6) is 5.75 Å². The van der Waals surface area contributed by atoms with Crippen LogP contribution in [-0.4, -0.2) is 0 Å². The fourth-order valence-corrected chi connectivity index (χ4v) is 3.20. The van der Waals surface area contributed by atoms with Gasteiger partial charge in [-0.25, -0.2) is 0 Å². The average Bonchev–Trinajstić information content (AvgIpc) is 2.73. The van der Waals surface area contributed by atoms with Gasteiger partial charge < -0.3 is 4.74 Å². The topological polar surface area (TPSA) is 9.23 Å². The molecule has 0 unspecified atom stereocenters. The van der Waals surface area contributed by atoms with Crippen molar-refractivity contribution in [1.82, 2.24) is 0 Å². The number of ether oxygens (including phenoxy) is 1. The van der Waals surface area contributed by atoms with Crippen LogP contribution < -0.4 is 4.74 Å². The molecule has 4 heteroatoms. The standard InChI is InChI=1S/C13H12BrClOS/c1-9-3-2-4-10(7-15)13(9)16-8-11-5-6-12(14)17-11/h2-6H,7-8H2,1H3. The van der Waals surface area contributed by atoms with Gasteiger partial charge in [0, 0.05) is 10.4 Å². The smallest absolute Gasteiger partial charge is 0.127 e. The van der Waals surface area contributed by atoms with Gasteiger partial charge in [-0.3, -0.25) is 0 Å². The van der Waals surface area contributed by atoms with Crippen molar-refractivity contribution in [2.45, 2.75) is 19.4 Å². The highest BCUT2D eigenvalue weighted by Crippen LogP contribution is 2.28. The van der Waals surface area contributed by atoms with Crippen molar-refractivity contribution in [3.05, 3.63) is 50.1 Å². The second kappa shape index (κ2) is 5.89. The molecule has 0 aliphatic heterocycles. The Morgan fingerprint density at radius 3 is 2.76 bits per heavy atom. The molecule has 1 aromatic heterocycles. The summed E-state index contributed by atoms with van der Waals surface area (Å²) >= 11 is 11.0. The lowest BCUT2D eigenvalue weighted by molar-refractivity contribution is 0.305. The van der Waals surface area contributed by atoms with E-state index >= 15 is 0 Å². The molecular formula is C13H12BrClOS. The zero-order valence-electron chi connectivity index (χ0n) is 9.37. The molecular weight excluding hydrogens is 320 g/mol. The molecule has 0 atom stereocenters. The Kier molecular flexibility index (Phi) is 4.48. The number of hydrogen-bond donors (Lipinski definition) is 0. The Balaban J connectivity index is 2.13. The lowest BCUT2D eigenvalue weighted by Gasteiger charge is -2.11. The van der Waals surface area contributed by atoms with E-state index in [1.807, 2.05) is 31.2 Å². The van der Waals surface area contributed by atoms with Crippen molar-refractivity contribution < 1.29 is 4.74 Å². The van der Waals surface area contributed by atoms with Gasteiger partial charge in [0.05, 0.1) is 9.67 Å². The fourth-order valence-electron chi connectivity index (χ4n) is 1.60. The Hall–Kier alpha value is -0.510. The van der Waals surface area contributed by atoms with Gasteiger partial charge in [-0.2, -0.15) is 0 Å². The molecule has 2 rings (SSSR count). The number of rotatable bonds is 4. The first-order valence-electron chi connectivity index (χ1n) is 5.22. The molecule has 0 saturated carbocycles. The number of hydrogen-bond acceptors (Lipinski definition) is 2. The van der Waals surface area contributed by atoms with Crippen LogP contribution in [0, 0.1) is 6.92 Å². The fraction of sp³-hybridized carbons (Fsp3) is 0.231. The molecule has 1 nitrogen and oxygen atoms in total. The second-order valence-corrected chi connectivity index (χ2v) is 6.51. The van der Waals surface area contributed by atoms with Gasteiger partial charge in [-0.15, -0.1) is 22.9 Å². The predicted molar refractivity (Wildman–Crippen MR) is 77.1 cm³/mol. The highest BCUT2D eigenvalue weighted by molar-refractivity contribution is 9.11. The maximum atomic E-state index is 5.91. The van der Waals surface area contributed by atoms with Crippen molar-refractivity contribution in [3.63, 3.8) is 0 Å². The summed E-state index contributed by atoms with van der Waals surface area (Å²) in [5, 5.41) is 0. The Morgan fingerprint density at radius 2 is 2.12 bits per heavy atom. The molecule has 2 aromatic rings. The number of halogens is 2. The third-order valence-electron chi connectivity index (χ3n) is 2.43. The van der Waals surface area contributed by atoms with Gasteiger partial charge in [-0.05, 0) is 40.5 Å². The zero-order valence-corrected chi connectivity index (χ0v) is 12.5. The van der Waals surface area contributed by atoms with E-state index in [0.29, 0.717) is 12.5 Å². The molecule has 0 saturated heterocycles. The molecule has 0 amide bonds. The maximum Gasteiger partial charge on any atom is 0.127 e. The van der Waals surface area contributed by atoms with Crippen LogP contribution in [0.25, 0.3) is 0 Å². The van der Waals surface area contributed by atoms with Gasteiger partial charge >= 0.3 is 0 Å². The van der Waals surface area contributed by atoms with Gasteiger partial charge in [0.1, 0.15) is 12.4 Å². The minimum atomic E-state index is 0.477. The predicted octanol–water partition coefficient (Wildman–Crippen LogP) is 5.14. The second-order valence-electron chi connectivity index (χ2n) is 3.69. The number of alkyl halides is 1. The summed E-state index contributed by atoms with van der Waals surface area (Å²) in [5.74, 6) is 1.39. The van der Waals surface area contributed by atoms with Crippen LogP contribution in [0.3, 0.4) is 0 Å². The minimum absolute atomic E-state index is 0.477. The monoisotopic (exact) mass is 330 g/mol. The zero-order chi connectivity index (χ0) is 12.3. The van der Waals surface area contributed by atoms with Crippen molar-refractivity contribution in [2.75, 3.05) is 0 Å². The summed E-state index contributed by atoms with van der Waals surface area (Å²) in [7, 11) is 0. The van der Waals surface area contributed by atoms with E-state index in [2.05, 4.69) is 22.0 Å². The molecule has 0 radical (unpaired) electrons. The summed E-state index contributed by atoms with van der Waals surface area (Å²) in [5.41, 5.74) is 2.17. The van der Waals surface area contributed by atoms with Crippen molar-refractivity contribution in [3.8, 4) is 5.75 Å². The first kappa shape index (κ1) is 12.9. The molecule has 17 heavy (non-hydrogen) atoms. The summed E-state index contributed by atoms with van der Waals surface area (Å²) in [6.45, 7) is 2.63. The van der Waals surface area contributed by atoms with Crippen LogP contribution in [0.4, 0.5) is 0 Å². The molecule has 90 valence electrons. The first-order valence-corrected chi connectivity index (χ1v) is 7.36. The van der Waals surface area contributed by atoms with Crippen molar-refractivity contribution in [2.24, 2.45) is 0 Å². The van der Waals surface area contributed by atoms with E-state index < -0.39 is 0 Å². The largest absolute Gasteiger partial charge is 0.487 e. The molecule has 1 heterocycles. The number of para-hydroxylation sites is 1. The van der Waals surface area contributed by atoms with Gasteiger partial charge in [-0.1, -0.05) is 18.2 Å². The van der Waals surface area contributed by atoms with E-state index in [1.165, 1.54) is 4.88 Å². The third kappa shape index (κ3) is 3.24. The summed E-state index contributed by atoms with van der Waals surface area (Å²) in [6, 6.07) is 10.1. The summed E-state index contributed by atoms with van der Waals surface area (Å²) in [4.78, 5) is 1.20. The molecule has 0 fully saturated rings. The highest BCUT2D eigenvalue weighted by Gasteiger charge is 2.07. The van der Waals surface area contributed by atoms with Gasteiger partial charge in [0.2, 0.25) is 0 Å². The van der Waals surface area contributed by atoms with E-state index in [-0.39, 0.29) is 0 Å². The summed E-state index contributed by atoms with van der Waals surface area (Å²) in [6.07, 6.45) is 0. The molecule has 1 aromatic carbocycles. The number of benzene rings is 1. The van der Waals surface area contributed by atoms with Crippen LogP contribution in [0.2, 0.25) is 0 Å². The van der Waals surface area contributed by atoms with Gasteiger partial charge in [0.15, 0.2) is 0 Å². The number of thiophene rings is 1. The highest BCUT2D eigenvalue weighted by atomic mass is 79.9. The molecule has 0 N–H and O–H groups in total. The lowest BCUT2D eigenvalue weighted by Crippen LogP contribution is -1.98. The van der Waals surface area contributed by atoms with E-state index in [0.717, 1.165) is 20.7 Å². The Labute approximate surface area is 119 Å². The van der Waals surface area contributed by atoms with Crippen LogP contribution >= 0.6 is 38.9 Å². The van der Waals surface area contributed by atoms with E-state index in [1.54, 1.807) is 11.3 Å². The lowest BCUT2D eigenvalue weighted by atomic mass is 10.1. The number of aryl methyl sites for hydroxylation is 1. The molecule has 0 aliphatic carbocycles. The van der Waals surface area contributed by atoms with Crippen LogP contribution in [-0.2, 0) is 12.5 Å². The van der Waals surface area contributed by atoms with Gasteiger partial charge in [0.25, 0.3) is 0 Å². The quantitative estimate of drug-likeness (QED) is 0.705. The molecule has 0 spiro atoms. The van der Waals surface area contributed by atoms with Crippen LogP contribution in [0.1, 0.15) is 16.0 Å². The minimum Gasteiger partial charge on any atom is -0.487 e. The normalized spacial score (nSPS) is 10.5. The summed E-state index contributed by atoms with van der Waals surface area (Å²) < 4.78 is 6.99. The molecule has 0 aliphatic rings. The Morgan fingerprint density at radius 1 is 1.29 bits per heavy atom. The van der Waals surface area contributed by atoms with Crippen LogP contribution in [0.15, 0.2) is 34.1 Å². The SMILES string of the molecule is Cc1cccc(CCl)c1OCc1ccc(Br)s1. The third-order valence-corrected chi connectivity index (χ3v) is 4.31. The average molecular weight is 332 g/mol. The Bertz CT molecular complexity index is 510.